The lowest BCUT2D eigenvalue weighted by Gasteiger charge is -2.25. The summed E-state index contributed by atoms with van der Waals surface area (Å²) in [5, 5.41) is 11.4. The zero-order chi connectivity index (χ0) is 12.8. The van der Waals surface area contributed by atoms with E-state index in [0.717, 1.165) is 6.42 Å². The van der Waals surface area contributed by atoms with E-state index in [4.69, 9.17) is 15.7 Å². The molecule has 98 valence electrons. The Morgan fingerprint density at radius 2 is 2.35 bits per heavy atom. The van der Waals surface area contributed by atoms with Gasteiger partial charge in [0.1, 0.15) is 5.84 Å². The van der Waals surface area contributed by atoms with Crippen molar-refractivity contribution in [3.63, 3.8) is 0 Å². The molecule has 2 unspecified atom stereocenters. The predicted octanol–water partition coefficient (Wildman–Crippen LogP) is 0.396. The molecule has 0 aliphatic carbocycles. The number of nitrogens with two attached hydrogens (primary N) is 1. The first kappa shape index (κ1) is 13.8. The van der Waals surface area contributed by atoms with Crippen molar-refractivity contribution in [1.29, 1.82) is 0 Å². The third-order valence-corrected chi connectivity index (χ3v) is 3.15. The van der Waals surface area contributed by atoms with Crippen molar-refractivity contribution in [2.45, 2.75) is 32.8 Å². The lowest BCUT2D eigenvalue weighted by molar-refractivity contribution is -0.136. The minimum atomic E-state index is -0.0535. The molecule has 1 saturated heterocycles. The fourth-order valence-corrected chi connectivity index (χ4v) is 2.01. The first-order chi connectivity index (χ1) is 8.10. The van der Waals surface area contributed by atoms with Crippen LogP contribution in [0.15, 0.2) is 5.16 Å². The molecule has 1 rings (SSSR count). The van der Waals surface area contributed by atoms with Gasteiger partial charge in [-0.15, -0.1) is 0 Å². The summed E-state index contributed by atoms with van der Waals surface area (Å²) in [6.07, 6.45) is 1.15. The number of nitrogens with zero attached hydrogens (tertiary/aromatic N) is 2. The van der Waals surface area contributed by atoms with Crippen molar-refractivity contribution in [1.82, 2.24) is 4.90 Å². The maximum absolute atomic E-state index is 12.2. The highest BCUT2D eigenvalue weighted by Gasteiger charge is 2.33. The SMILES string of the molecule is CCN(CCC(N)=NO)C(=O)C1CCOC1C. The van der Waals surface area contributed by atoms with Crippen LogP contribution in [0.3, 0.4) is 0 Å². The number of hydrogen-bond acceptors (Lipinski definition) is 4. The molecule has 1 fully saturated rings. The molecule has 0 aromatic heterocycles. The zero-order valence-corrected chi connectivity index (χ0v) is 10.4. The Kier molecular flexibility index (Phi) is 5.21. The van der Waals surface area contributed by atoms with E-state index in [9.17, 15) is 4.79 Å². The predicted molar refractivity (Wildman–Crippen MR) is 63.8 cm³/mol. The van der Waals surface area contributed by atoms with Crippen LogP contribution < -0.4 is 5.73 Å². The summed E-state index contributed by atoms with van der Waals surface area (Å²) in [6.45, 7) is 5.60. The quantitative estimate of drug-likeness (QED) is 0.316. The Balaban J connectivity index is 2.51. The van der Waals surface area contributed by atoms with E-state index in [1.807, 2.05) is 13.8 Å². The van der Waals surface area contributed by atoms with Crippen LogP contribution in [0.2, 0.25) is 0 Å². The van der Waals surface area contributed by atoms with E-state index < -0.39 is 0 Å². The molecule has 0 spiro atoms. The van der Waals surface area contributed by atoms with Crippen LogP contribution in [0.4, 0.5) is 0 Å². The van der Waals surface area contributed by atoms with Crippen molar-refractivity contribution >= 4 is 11.7 Å². The topological polar surface area (TPSA) is 88.1 Å². The average molecular weight is 243 g/mol. The van der Waals surface area contributed by atoms with Crippen LogP contribution in [0.25, 0.3) is 0 Å². The summed E-state index contributed by atoms with van der Waals surface area (Å²) in [5.41, 5.74) is 5.39. The van der Waals surface area contributed by atoms with Crippen LogP contribution in [0, 0.1) is 5.92 Å². The lowest BCUT2D eigenvalue weighted by Crippen LogP contribution is -2.40. The van der Waals surface area contributed by atoms with Crippen LogP contribution >= 0.6 is 0 Å². The molecule has 6 nitrogen and oxygen atoms in total. The molecular weight excluding hydrogens is 222 g/mol. The minimum Gasteiger partial charge on any atom is -0.409 e. The van der Waals surface area contributed by atoms with Crippen molar-refractivity contribution in [2.75, 3.05) is 19.7 Å². The second-order valence-corrected chi connectivity index (χ2v) is 4.23. The number of oxime groups is 1. The first-order valence-electron chi connectivity index (χ1n) is 5.97. The molecule has 3 N–H and O–H groups in total. The molecule has 17 heavy (non-hydrogen) atoms. The molecule has 1 heterocycles. The van der Waals surface area contributed by atoms with Gasteiger partial charge in [-0.25, -0.2) is 0 Å². The Morgan fingerprint density at radius 3 is 2.82 bits per heavy atom. The van der Waals surface area contributed by atoms with Gasteiger partial charge in [0, 0.05) is 26.1 Å². The maximum Gasteiger partial charge on any atom is 0.228 e. The van der Waals surface area contributed by atoms with Gasteiger partial charge in [-0.3, -0.25) is 4.79 Å². The molecule has 0 saturated carbocycles. The van der Waals surface area contributed by atoms with Gasteiger partial charge in [0.2, 0.25) is 5.91 Å². The number of rotatable bonds is 5. The van der Waals surface area contributed by atoms with Crippen molar-refractivity contribution in [2.24, 2.45) is 16.8 Å². The van der Waals surface area contributed by atoms with E-state index in [1.54, 1.807) is 4.90 Å². The smallest absolute Gasteiger partial charge is 0.228 e. The lowest BCUT2D eigenvalue weighted by atomic mass is 10.0. The summed E-state index contributed by atoms with van der Waals surface area (Å²) in [5.74, 6) is 0.192. The third-order valence-electron chi connectivity index (χ3n) is 3.15. The van der Waals surface area contributed by atoms with E-state index in [-0.39, 0.29) is 23.8 Å². The van der Waals surface area contributed by atoms with Crippen molar-refractivity contribution < 1.29 is 14.7 Å². The molecule has 6 heteroatoms. The van der Waals surface area contributed by atoms with Gasteiger partial charge >= 0.3 is 0 Å². The monoisotopic (exact) mass is 243 g/mol. The summed E-state index contributed by atoms with van der Waals surface area (Å²) in [4.78, 5) is 13.9. The van der Waals surface area contributed by atoms with Gasteiger partial charge in [0.15, 0.2) is 0 Å². The standard InChI is InChI=1S/C11H21N3O3/c1-3-14(6-4-10(12)13-16)11(15)9-5-7-17-8(9)2/h8-9,16H,3-7H2,1-2H3,(H2,12,13). The first-order valence-corrected chi connectivity index (χ1v) is 5.97. The molecule has 1 aliphatic heterocycles. The summed E-state index contributed by atoms with van der Waals surface area (Å²) in [6, 6.07) is 0. The number of ether oxygens (including phenoxy) is 1. The van der Waals surface area contributed by atoms with Gasteiger partial charge in [-0.1, -0.05) is 5.16 Å². The Bertz CT molecular complexity index is 294. The number of carbonyl (C=O) groups excluding carboxylic acids is 1. The van der Waals surface area contributed by atoms with Crippen LogP contribution in [0.5, 0.6) is 0 Å². The molecule has 2 atom stereocenters. The number of hydrogen-bond donors (Lipinski definition) is 2. The van der Waals surface area contributed by atoms with Gasteiger partial charge < -0.3 is 20.6 Å². The molecule has 0 aromatic rings. The summed E-state index contributed by atoms with van der Waals surface area (Å²) in [7, 11) is 0. The third kappa shape index (κ3) is 3.59. The van der Waals surface area contributed by atoms with Crippen LogP contribution in [-0.4, -0.2) is 47.7 Å². The van der Waals surface area contributed by atoms with Crippen LogP contribution in [-0.2, 0) is 9.53 Å². The maximum atomic E-state index is 12.2. The Morgan fingerprint density at radius 1 is 1.65 bits per heavy atom. The Hall–Kier alpha value is -1.30. The number of amidine groups is 1. The van der Waals surface area contributed by atoms with E-state index >= 15 is 0 Å². The molecule has 1 aliphatic rings. The summed E-state index contributed by atoms with van der Waals surface area (Å²) >= 11 is 0. The molecular formula is C11H21N3O3. The number of amides is 1. The zero-order valence-electron chi connectivity index (χ0n) is 10.4. The second kappa shape index (κ2) is 6.44. The minimum absolute atomic E-state index is 0.0135. The molecule has 1 amide bonds. The second-order valence-electron chi connectivity index (χ2n) is 4.23. The largest absolute Gasteiger partial charge is 0.409 e. The fourth-order valence-electron chi connectivity index (χ4n) is 2.01. The highest BCUT2D eigenvalue weighted by atomic mass is 16.5. The van der Waals surface area contributed by atoms with Crippen molar-refractivity contribution in [3.05, 3.63) is 0 Å². The van der Waals surface area contributed by atoms with E-state index in [0.29, 0.717) is 26.1 Å². The summed E-state index contributed by atoms with van der Waals surface area (Å²) < 4.78 is 5.39. The van der Waals surface area contributed by atoms with Gasteiger partial charge in [-0.2, -0.15) is 0 Å². The van der Waals surface area contributed by atoms with Gasteiger partial charge in [-0.05, 0) is 20.3 Å². The normalized spacial score (nSPS) is 24.9. The van der Waals surface area contributed by atoms with Crippen LogP contribution in [0.1, 0.15) is 26.7 Å². The van der Waals surface area contributed by atoms with Gasteiger partial charge in [0.05, 0.1) is 12.0 Å². The van der Waals surface area contributed by atoms with Crippen molar-refractivity contribution in [3.8, 4) is 0 Å². The van der Waals surface area contributed by atoms with E-state index in [1.165, 1.54) is 0 Å². The molecule has 0 bridgehead atoms. The van der Waals surface area contributed by atoms with E-state index in [2.05, 4.69) is 5.16 Å². The molecule has 0 aromatic carbocycles. The highest BCUT2D eigenvalue weighted by Crippen LogP contribution is 2.22. The highest BCUT2D eigenvalue weighted by molar-refractivity contribution is 5.82. The molecule has 0 radical (unpaired) electrons. The Labute approximate surface area is 101 Å². The number of carbonyl (C=O) groups is 1. The average Bonchev–Trinajstić information content (AvgIpc) is 2.75. The fraction of sp³-hybridized carbons (Fsp3) is 0.818. The van der Waals surface area contributed by atoms with Gasteiger partial charge in [0.25, 0.3) is 0 Å².